The van der Waals surface area contributed by atoms with Crippen molar-refractivity contribution in [3.05, 3.63) is 18.2 Å². The highest BCUT2D eigenvalue weighted by Gasteiger charge is 2.31. The summed E-state index contributed by atoms with van der Waals surface area (Å²) >= 11 is 0. The van der Waals surface area contributed by atoms with E-state index in [1.807, 2.05) is 7.05 Å². The van der Waals surface area contributed by atoms with Crippen LogP contribution in [0.5, 0.6) is 11.5 Å². The minimum atomic E-state index is -3.56. The van der Waals surface area contributed by atoms with Crippen molar-refractivity contribution in [3.8, 4) is 11.5 Å². The molecule has 1 N–H and O–H groups in total. The Labute approximate surface area is 126 Å². The smallest absolute Gasteiger partial charge is 0.246 e. The van der Waals surface area contributed by atoms with E-state index in [-0.39, 0.29) is 10.9 Å². The molecule has 0 aromatic heterocycles. The lowest BCUT2D eigenvalue weighted by Gasteiger charge is -2.32. The van der Waals surface area contributed by atoms with E-state index < -0.39 is 10.0 Å². The van der Waals surface area contributed by atoms with Gasteiger partial charge in [0.1, 0.15) is 16.4 Å². The van der Waals surface area contributed by atoms with Gasteiger partial charge in [-0.2, -0.15) is 4.31 Å². The first-order chi connectivity index (χ1) is 10.0. The third-order valence-corrected chi connectivity index (χ3v) is 5.69. The van der Waals surface area contributed by atoms with Crippen LogP contribution in [0.3, 0.4) is 0 Å². The van der Waals surface area contributed by atoms with Gasteiger partial charge in [0, 0.05) is 25.2 Å². The molecule has 0 aliphatic carbocycles. The molecule has 2 rings (SSSR count). The molecule has 0 saturated carbocycles. The maximum Gasteiger partial charge on any atom is 0.246 e. The summed E-state index contributed by atoms with van der Waals surface area (Å²) in [5.41, 5.74) is 0. The largest absolute Gasteiger partial charge is 0.497 e. The van der Waals surface area contributed by atoms with Gasteiger partial charge < -0.3 is 14.8 Å². The van der Waals surface area contributed by atoms with E-state index in [0.717, 1.165) is 12.8 Å². The second-order valence-corrected chi connectivity index (χ2v) is 6.91. The van der Waals surface area contributed by atoms with Crippen LogP contribution < -0.4 is 14.8 Å². The number of nitrogens with one attached hydrogen (secondary N) is 1. The number of methoxy groups -OCH3 is 2. The van der Waals surface area contributed by atoms with E-state index in [2.05, 4.69) is 5.32 Å². The highest BCUT2D eigenvalue weighted by atomic mass is 32.2. The third-order valence-electron chi connectivity index (χ3n) is 3.78. The van der Waals surface area contributed by atoms with E-state index in [1.54, 1.807) is 12.1 Å². The van der Waals surface area contributed by atoms with Gasteiger partial charge in [0.05, 0.1) is 14.2 Å². The zero-order chi connectivity index (χ0) is 15.5. The van der Waals surface area contributed by atoms with Gasteiger partial charge in [0.15, 0.2) is 0 Å². The topological polar surface area (TPSA) is 67.9 Å². The van der Waals surface area contributed by atoms with Crippen LogP contribution in [-0.2, 0) is 10.0 Å². The number of benzene rings is 1. The Balaban J connectivity index is 2.35. The van der Waals surface area contributed by atoms with Crippen molar-refractivity contribution >= 4 is 10.0 Å². The summed E-state index contributed by atoms with van der Waals surface area (Å²) in [6.45, 7) is 1.02. The van der Waals surface area contributed by atoms with Gasteiger partial charge in [-0.05, 0) is 32.0 Å². The lowest BCUT2D eigenvalue weighted by atomic mass is 10.1. The summed E-state index contributed by atoms with van der Waals surface area (Å²) < 4.78 is 37.4. The van der Waals surface area contributed by atoms with Crippen molar-refractivity contribution in [2.45, 2.75) is 23.8 Å². The van der Waals surface area contributed by atoms with Gasteiger partial charge in [0.2, 0.25) is 10.0 Å². The van der Waals surface area contributed by atoms with Crippen LogP contribution in [0.15, 0.2) is 23.1 Å². The van der Waals surface area contributed by atoms with Crippen molar-refractivity contribution in [3.63, 3.8) is 0 Å². The Hall–Kier alpha value is -1.31. The van der Waals surface area contributed by atoms with E-state index in [4.69, 9.17) is 9.47 Å². The summed E-state index contributed by atoms with van der Waals surface area (Å²) in [4.78, 5) is 0.183. The minimum Gasteiger partial charge on any atom is -0.497 e. The van der Waals surface area contributed by atoms with Crippen LogP contribution in [-0.4, -0.2) is 53.1 Å². The fourth-order valence-electron chi connectivity index (χ4n) is 2.52. The zero-order valence-corrected chi connectivity index (χ0v) is 13.4. The van der Waals surface area contributed by atoms with Gasteiger partial charge in [0.25, 0.3) is 0 Å². The van der Waals surface area contributed by atoms with Crippen LogP contribution in [0, 0.1) is 0 Å². The van der Waals surface area contributed by atoms with Gasteiger partial charge in [-0.25, -0.2) is 8.42 Å². The standard InChI is InChI=1S/C14H22N2O4S/c1-15-11-5-4-8-16(10-11)21(17,18)14-7-6-12(19-2)9-13(14)20-3/h6-7,9,11,15H,4-5,8,10H2,1-3H3. The Morgan fingerprint density at radius 3 is 2.67 bits per heavy atom. The molecule has 0 radical (unpaired) electrons. The second kappa shape index (κ2) is 6.64. The molecule has 1 aromatic rings. The summed E-state index contributed by atoms with van der Waals surface area (Å²) in [5, 5.41) is 3.15. The predicted octanol–water partition coefficient (Wildman–Crippen LogP) is 1.08. The number of hydrogen-bond donors (Lipinski definition) is 1. The SMILES string of the molecule is CNC1CCCN(S(=O)(=O)c2ccc(OC)cc2OC)C1. The molecule has 1 aliphatic heterocycles. The highest BCUT2D eigenvalue weighted by Crippen LogP contribution is 2.31. The Morgan fingerprint density at radius 1 is 1.29 bits per heavy atom. The van der Waals surface area contributed by atoms with Crippen LogP contribution >= 0.6 is 0 Å². The average molecular weight is 314 g/mol. The molecule has 1 aliphatic rings. The van der Waals surface area contributed by atoms with Gasteiger partial charge in [-0.1, -0.05) is 0 Å². The summed E-state index contributed by atoms with van der Waals surface area (Å²) in [5.74, 6) is 0.874. The average Bonchev–Trinajstić information content (AvgIpc) is 2.54. The molecular weight excluding hydrogens is 292 g/mol. The van der Waals surface area contributed by atoms with Gasteiger partial charge in [-0.15, -0.1) is 0 Å². The first kappa shape index (κ1) is 16.1. The van der Waals surface area contributed by atoms with Gasteiger partial charge in [-0.3, -0.25) is 0 Å². The molecular formula is C14H22N2O4S. The van der Waals surface area contributed by atoms with Crippen molar-refractivity contribution < 1.29 is 17.9 Å². The van der Waals surface area contributed by atoms with Gasteiger partial charge >= 0.3 is 0 Å². The Kier molecular flexibility index (Phi) is 5.08. The molecule has 7 heteroatoms. The highest BCUT2D eigenvalue weighted by molar-refractivity contribution is 7.89. The Morgan fingerprint density at radius 2 is 2.05 bits per heavy atom. The van der Waals surface area contributed by atoms with Crippen molar-refractivity contribution in [2.24, 2.45) is 0 Å². The number of piperidine rings is 1. The predicted molar refractivity (Wildman–Crippen MR) is 80.4 cm³/mol. The van der Waals surface area contributed by atoms with Crippen LogP contribution in [0.25, 0.3) is 0 Å². The zero-order valence-electron chi connectivity index (χ0n) is 12.6. The van der Waals surface area contributed by atoms with Crippen LogP contribution in [0.1, 0.15) is 12.8 Å². The maximum atomic E-state index is 12.8. The summed E-state index contributed by atoms with van der Waals surface area (Å²) in [6.07, 6.45) is 1.84. The molecule has 6 nitrogen and oxygen atoms in total. The lowest BCUT2D eigenvalue weighted by Crippen LogP contribution is -2.46. The van der Waals surface area contributed by atoms with Crippen molar-refractivity contribution in [2.75, 3.05) is 34.4 Å². The molecule has 1 saturated heterocycles. The quantitative estimate of drug-likeness (QED) is 0.881. The molecule has 0 spiro atoms. The molecule has 0 amide bonds. The first-order valence-corrected chi connectivity index (χ1v) is 8.36. The number of sulfonamides is 1. The van der Waals surface area contributed by atoms with Crippen LogP contribution in [0.2, 0.25) is 0 Å². The van der Waals surface area contributed by atoms with E-state index in [9.17, 15) is 8.42 Å². The number of rotatable bonds is 5. The number of hydrogen-bond acceptors (Lipinski definition) is 5. The second-order valence-electron chi connectivity index (χ2n) is 5.01. The first-order valence-electron chi connectivity index (χ1n) is 6.92. The fraction of sp³-hybridized carbons (Fsp3) is 0.571. The molecule has 1 unspecified atom stereocenters. The number of likely N-dealkylation sites (N-methyl/N-ethyl adjacent to an activating group) is 1. The minimum absolute atomic E-state index is 0.183. The maximum absolute atomic E-state index is 12.8. The fourth-order valence-corrected chi connectivity index (χ4v) is 4.18. The number of nitrogens with zero attached hydrogens (tertiary/aromatic N) is 1. The number of ether oxygens (including phenoxy) is 2. The molecule has 1 aromatic carbocycles. The van der Waals surface area contributed by atoms with E-state index in [0.29, 0.717) is 24.6 Å². The monoisotopic (exact) mass is 314 g/mol. The molecule has 118 valence electrons. The third kappa shape index (κ3) is 3.30. The van der Waals surface area contributed by atoms with Crippen LogP contribution in [0.4, 0.5) is 0 Å². The molecule has 1 fully saturated rings. The van der Waals surface area contributed by atoms with E-state index in [1.165, 1.54) is 24.6 Å². The normalized spacial score (nSPS) is 20.2. The molecule has 1 heterocycles. The van der Waals surface area contributed by atoms with Crippen molar-refractivity contribution in [1.82, 2.24) is 9.62 Å². The summed E-state index contributed by atoms with van der Waals surface area (Å²) in [6, 6.07) is 4.95. The summed E-state index contributed by atoms with van der Waals surface area (Å²) in [7, 11) is 1.29. The lowest BCUT2D eigenvalue weighted by molar-refractivity contribution is 0.291. The molecule has 21 heavy (non-hydrogen) atoms. The van der Waals surface area contributed by atoms with E-state index >= 15 is 0 Å². The van der Waals surface area contributed by atoms with Crippen molar-refractivity contribution in [1.29, 1.82) is 0 Å². The molecule has 1 atom stereocenters. The Bertz CT molecular complexity index is 589. The molecule has 0 bridgehead atoms.